The predicted molar refractivity (Wildman–Crippen MR) is 155 cm³/mol. The molecule has 9 nitrogen and oxygen atoms in total. The van der Waals surface area contributed by atoms with Gasteiger partial charge in [-0.05, 0) is 74.5 Å². The molecule has 1 aliphatic rings. The lowest BCUT2D eigenvalue weighted by Gasteiger charge is -2.40. The van der Waals surface area contributed by atoms with Crippen molar-refractivity contribution in [2.75, 3.05) is 29.9 Å². The number of pyridine rings is 1. The van der Waals surface area contributed by atoms with Gasteiger partial charge in [-0.1, -0.05) is 0 Å². The van der Waals surface area contributed by atoms with Gasteiger partial charge in [0.25, 0.3) is 11.5 Å². The summed E-state index contributed by atoms with van der Waals surface area (Å²) in [5.41, 5.74) is 0.995. The molecule has 42 heavy (non-hydrogen) atoms. The zero-order chi connectivity index (χ0) is 29.4. The van der Waals surface area contributed by atoms with E-state index in [1.54, 1.807) is 12.3 Å². The van der Waals surface area contributed by atoms with E-state index in [0.717, 1.165) is 22.7 Å². The molecule has 5 aromatic rings. The molecule has 214 valence electrons. The Bertz CT molecular complexity index is 1850. The van der Waals surface area contributed by atoms with E-state index in [0.29, 0.717) is 31.1 Å². The highest BCUT2D eigenvalue weighted by molar-refractivity contribution is 6.04. The molecule has 6 rings (SSSR count). The minimum atomic E-state index is -0.716. The molecule has 0 atom stereocenters. The maximum Gasteiger partial charge on any atom is 0.267 e. The van der Waals surface area contributed by atoms with Gasteiger partial charge in [-0.3, -0.25) is 19.3 Å². The van der Waals surface area contributed by atoms with Gasteiger partial charge in [-0.25, -0.2) is 8.78 Å². The van der Waals surface area contributed by atoms with Gasteiger partial charge in [0, 0.05) is 42.1 Å². The number of morpholine rings is 1. The van der Waals surface area contributed by atoms with E-state index in [1.165, 1.54) is 59.3 Å². The highest BCUT2D eigenvalue weighted by atomic mass is 19.1. The van der Waals surface area contributed by atoms with Gasteiger partial charge in [0.05, 0.1) is 29.6 Å². The molecule has 0 radical (unpaired) electrons. The normalized spacial score (nSPS) is 14.6. The van der Waals surface area contributed by atoms with Gasteiger partial charge in [0.2, 0.25) is 0 Å². The lowest BCUT2D eigenvalue weighted by molar-refractivity contribution is -0.0277. The molecule has 0 aliphatic carbocycles. The second-order valence-corrected chi connectivity index (χ2v) is 10.6. The van der Waals surface area contributed by atoms with Crippen molar-refractivity contribution in [3.8, 4) is 17.2 Å². The van der Waals surface area contributed by atoms with Crippen LogP contribution in [0.15, 0.2) is 83.9 Å². The summed E-state index contributed by atoms with van der Waals surface area (Å²) >= 11 is 0. The number of H-pyrrole nitrogens is 1. The average molecular weight is 572 g/mol. The van der Waals surface area contributed by atoms with E-state index >= 15 is 4.39 Å². The van der Waals surface area contributed by atoms with Gasteiger partial charge in [0.15, 0.2) is 17.3 Å². The highest BCUT2D eigenvalue weighted by Crippen LogP contribution is 2.38. The fourth-order valence-electron chi connectivity index (χ4n) is 4.96. The van der Waals surface area contributed by atoms with Gasteiger partial charge >= 0.3 is 0 Å². The molecular formula is C31H27F2N5O4. The van der Waals surface area contributed by atoms with Crippen molar-refractivity contribution >= 4 is 28.2 Å². The molecule has 3 aromatic carbocycles. The third-order valence-corrected chi connectivity index (χ3v) is 6.99. The number of carbonyl (C=O) groups excluding carboxylic acids is 1. The van der Waals surface area contributed by atoms with E-state index in [4.69, 9.17) is 9.47 Å². The Hall–Kier alpha value is -5.03. The summed E-state index contributed by atoms with van der Waals surface area (Å²) in [6.07, 6.45) is 3.14. The number of hydrogen-bond donors (Lipinski definition) is 2. The molecule has 0 unspecified atom stereocenters. The van der Waals surface area contributed by atoms with Gasteiger partial charge in [0.1, 0.15) is 11.4 Å². The first-order valence-corrected chi connectivity index (χ1v) is 13.3. The lowest BCUT2D eigenvalue weighted by atomic mass is 10.1. The molecule has 0 bridgehead atoms. The van der Waals surface area contributed by atoms with Crippen LogP contribution in [0.4, 0.5) is 20.2 Å². The number of nitrogens with zero attached hydrogens (tertiary/aromatic N) is 3. The Labute approximate surface area is 239 Å². The lowest BCUT2D eigenvalue weighted by Crippen LogP contribution is -2.48. The number of rotatable bonds is 6. The van der Waals surface area contributed by atoms with Crippen LogP contribution in [-0.4, -0.2) is 46.0 Å². The number of hydrogen-bond acceptors (Lipinski definition) is 6. The number of carbonyl (C=O) groups is 1. The van der Waals surface area contributed by atoms with E-state index in [-0.39, 0.29) is 22.6 Å². The molecule has 3 heterocycles. The zero-order valence-corrected chi connectivity index (χ0v) is 22.9. The third kappa shape index (κ3) is 5.46. The van der Waals surface area contributed by atoms with Gasteiger partial charge < -0.3 is 19.7 Å². The number of halogens is 2. The maximum atomic E-state index is 15.3. The summed E-state index contributed by atoms with van der Waals surface area (Å²) in [5.74, 6) is -1.46. The summed E-state index contributed by atoms with van der Waals surface area (Å²) < 4.78 is 41.8. The Morgan fingerprint density at radius 2 is 1.88 bits per heavy atom. The van der Waals surface area contributed by atoms with Crippen molar-refractivity contribution in [2.45, 2.75) is 19.4 Å². The summed E-state index contributed by atoms with van der Waals surface area (Å²) in [4.78, 5) is 28.1. The monoisotopic (exact) mass is 571 g/mol. The van der Waals surface area contributed by atoms with Gasteiger partial charge in [-0.2, -0.15) is 5.10 Å². The average Bonchev–Trinajstić information content (AvgIpc) is 3.42. The Morgan fingerprint density at radius 3 is 2.64 bits per heavy atom. The van der Waals surface area contributed by atoms with E-state index in [1.807, 2.05) is 19.9 Å². The van der Waals surface area contributed by atoms with Crippen LogP contribution < -0.4 is 20.5 Å². The van der Waals surface area contributed by atoms with Crippen LogP contribution in [0.3, 0.4) is 0 Å². The summed E-state index contributed by atoms with van der Waals surface area (Å²) in [6, 6.07) is 16.0. The first kappa shape index (κ1) is 27.2. The molecule has 1 saturated heterocycles. The van der Waals surface area contributed by atoms with Crippen LogP contribution in [0.2, 0.25) is 0 Å². The minimum Gasteiger partial charge on any atom is -0.452 e. The fraction of sp³-hybridized carbons (Fsp3) is 0.194. The Balaban J connectivity index is 1.24. The van der Waals surface area contributed by atoms with Crippen molar-refractivity contribution in [3.63, 3.8) is 0 Å². The van der Waals surface area contributed by atoms with E-state index in [9.17, 15) is 14.0 Å². The van der Waals surface area contributed by atoms with Crippen LogP contribution in [0.1, 0.15) is 24.2 Å². The number of anilines is 2. The largest absolute Gasteiger partial charge is 0.452 e. The van der Waals surface area contributed by atoms with Crippen molar-refractivity contribution in [2.24, 2.45) is 0 Å². The SMILES string of the molecule is CC1(C)CN(c2cc3[nH]ncc3cc2Oc2ccc(NC(=O)c3cccn(-c4ccc(F)cc4)c3=O)cc2F)CCO1. The number of nitrogens with one attached hydrogen (secondary N) is 2. The standard InChI is InChI=1S/C31H27F2N5O4/c1-31(2)18-37(12-13-41-31)26-16-25-19(17-34-36-25)14-28(26)42-27-10-7-21(15-24(27)33)35-29(39)23-4-3-11-38(30(23)40)22-8-5-20(32)6-9-22/h3-11,14-17H,12-13,18H2,1-2H3,(H,34,36)(H,35,39). The van der Waals surface area contributed by atoms with Crippen molar-refractivity contribution in [1.82, 2.24) is 14.8 Å². The fourth-order valence-corrected chi connectivity index (χ4v) is 4.96. The molecule has 1 fully saturated rings. The van der Waals surface area contributed by atoms with Crippen LogP contribution in [-0.2, 0) is 4.74 Å². The first-order valence-electron chi connectivity index (χ1n) is 13.3. The molecular weight excluding hydrogens is 544 g/mol. The molecule has 0 spiro atoms. The smallest absolute Gasteiger partial charge is 0.267 e. The van der Waals surface area contributed by atoms with E-state index in [2.05, 4.69) is 20.4 Å². The van der Waals surface area contributed by atoms with Gasteiger partial charge in [-0.15, -0.1) is 0 Å². The first-order chi connectivity index (χ1) is 20.2. The molecule has 11 heteroatoms. The van der Waals surface area contributed by atoms with Crippen molar-refractivity contribution in [3.05, 3.63) is 107 Å². The van der Waals surface area contributed by atoms with Crippen LogP contribution in [0, 0.1) is 11.6 Å². The third-order valence-electron chi connectivity index (χ3n) is 6.99. The summed E-state index contributed by atoms with van der Waals surface area (Å²) in [5, 5.41) is 10.4. The number of fused-ring (bicyclic) bond motifs is 1. The number of aromatic amines is 1. The number of aromatic nitrogens is 3. The second-order valence-electron chi connectivity index (χ2n) is 10.6. The minimum absolute atomic E-state index is 0.0389. The van der Waals surface area contributed by atoms with E-state index < -0.39 is 23.1 Å². The number of amides is 1. The molecule has 0 saturated carbocycles. The maximum absolute atomic E-state index is 15.3. The van der Waals surface area contributed by atoms with Crippen molar-refractivity contribution in [1.29, 1.82) is 0 Å². The predicted octanol–water partition coefficient (Wildman–Crippen LogP) is 5.65. The molecule has 1 aliphatic heterocycles. The summed E-state index contributed by atoms with van der Waals surface area (Å²) in [6.45, 7) is 5.80. The van der Waals surface area contributed by atoms with Crippen LogP contribution in [0.5, 0.6) is 11.5 Å². The number of benzene rings is 3. The quantitative estimate of drug-likeness (QED) is 0.273. The van der Waals surface area contributed by atoms with Crippen molar-refractivity contribution < 1.29 is 23.0 Å². The molecule has 2 aromatic heterocycles. The van der Waals surface area contributed by atoms with Crippen LogP contribution >= 0.6 is 0 Å². The van der Waals surface area contributed by atoms with Crippen LogP contribution in [0.25, 0.3) is 16.6 Å². The molecule has 1 amide bonds. The Kier molecular flexibility index (Phi) is 6.95. The second kappa shape index (κ2) is 10.7. The highest BCUT2D eigenvalue weighted by Gasteiger charge is 2.29. The number of ether oxygens (including phenoxy) is 2. The Morgan fingerprint density at radius 1 is 1.07 bits per heavy atom. The zero-order valence-electron chi connectivity index (χ0n) is 22.9. The molecule has 2 N–H and O–H groups in total. The topological polar surface area (TPSA) is 101 Å². The summed E-state index contributed by atoms with van der Waals surface area (Å²) in [7, 11) is 0.